The van der Waals surface area contributed by atoms with E-state index in [1.165, 1.54) is 10.5 Å². The molecule has 6 nitrogen and oxygen atoms in total. The zero-order chi connectivity index (χ0) is 19.5. The van der Waals surface area contributed by atoms with Crippen LogP contribution < -0.4 is 5.32 Å². The van der Waals surface area contributed by atoms with Crippen LogP contribution in [-0.2, 0) is 24.2 Å². The van der Waals surface area contributed by atoms with E-state index in [9.17, 15) is 14.7 Å². The molecule has 144 valence electrons. The number of hydrogen-bond acceptors (Lipinski definition) is 2. The van der Waals surface area contributed by atoms with Gasteiger partial charge in [-0.3, -0.25) is 0 Å². The molecule has 1 aliphatic heterocycles. The molecular formula is C22H23N3O3. The number of H-pyrrole nitrogens is 1. The number of aromatic amines is 1. The molecule has 2 aromatic carbocycles. The van der Waals surface area contributed by atoms with E-state index in [1.807, 2.05) is 42.5 Å². The summed E-state index contributed by atoms with van der Waals surface area (Å²) in [7, 11) is 0. The quantitative estimate of drug-likeness (QED) is 0.596. The minimum absolute atomic E-state index is 0.269. The second kappa shape index (κ2) is 7.76. The van der Waals surface area contributed by atoms with Gasteiger partial charge in [0, 0.05) is 29.6 Å². The molecule has 0 bridgehead atoms. The Labute approximate surface area is 163 Å². The molecule has 1 aromatic heterocycles. The molecule has 0 aliphatic carbocycles. The Morgan fingerprint density at radius 1 is 1.11 bits per heavy atom. The number of fused-ring (bicyclic) bond motifs is 3. The summed E-state index contributed by atoms with van der Waals surface area (Å²) in [5, 5.41) is 13.6. The van der Waals surface area contributed by atoms with Gasteiger partial charge in [0.2, 0.25) is 0 Å². The van der Waals surface area contributed by atoms with Crippen molar-refractivity contribution in [1.82, 2.24) is 15.2 Å². The van der Waals surface area contributed by atoms with E-state index in [4.69, 9.17) is 0 Å². The van der Waals surface area contributed by atoms with E-state index in [0.29, 0.717) is 13.0 Å². The molecule has 0 saturated heterocycles. The smallest absolute Gasteiger partial charge is 0.326 e. The van der Waals surface area contributed by atoms with Crippen LogP contribution in [-0.4, -0.2) is 39.6 Å². The number of rotatable bonds is 5. The first-order valence-corrected chi connectivity index (χ1v) is 9.53. The maximum absolute atomic E-state index is 12.7. The van der Waals surface area contributed by atoms with Crippen LogP contribution in [0.5, 0.6) is 0 Å². The number of nitrogens with one attached hydrogen (secondary N) is 2. The number of carboxylic acid groups (broad SMARTS) is 1. The van der Waals surface area contributed by atoms with Gasteiger partial charge in [-0.2, -0.15) is 0 Å². The zero-order valence-corrected chi connectivity index (χ0v) is 15.5. The van der Waals surface area contributed by atoms with Crippen molar-refractivity contribution in [2.45, 2.75) is 31.8 Å². The minimum atomic E-state index is -0.977. The van der Waals surface area contributed by atoms with E-state index in [2.05, 4.69) is 22.4 Å². The number of carboxylic acids is 1. The fraction of sp³-hybridized carbons (Fsp3) is 0.273. The molecule has 3 aromatic rings. The molecule has 28 heavy (non-hydrogen) atoms. The lowest BCUT2D eigenvalue weighted by atomic mass is 9.97. The Hall–Kier alpha value is -3.28. The summed E-state index contributed by atoms with van der Waals surface area (Å²) in [5.74, 6) is -0.977. The maximum atomic E-state index is 12.7. The van der Waals surface area contributed by atoms with Gasteiger partial charge in [-0.15, -0.1) is 0 Å². The van der Waals surface area contributed by atoms with Crippen LogP contribution in [0.1, 0.15) is 23.2 Å². The first kappa shape index (κ1) is 18.1. The van der Waals surface area contributed by atoms with Crippen molar-refractivity contribution in [3.05, 3.63) is 71.4 Å². The van der Waals surface area contributed by atoms with Gasteiger partial charge in [0.25, 0.3) is 0 Å². The van der Waals surface area contributed by atoms with Crippen molar-refractivity contribution >= 4 is 22.9 Å². The van der Waals surface area contributed by atoms with Crippen LogP contribution in [0, 0.1) is 0 Å². The van der Waals surface area contributed by atoms with Crippen LogP contribution in [0.2, 0.25) is 0 Å². The van der Waals surface area contributed by atoms with Crippen LogP contribution in [0.25, 0.3) is 10.9 Å². The highest BCUT2D eigenvalue weighted by atomic mass is 16.4. The third-order valence-corrected chi connectivity index (χ3v) is 5.31. The lowest BCUT2D eigenvalue weighted by molar-refractivity contribution is -0.142. The standard InChI is InChI=1S/C22H23N3O3/c26-21(27)20-13-17-16-10-4-5-11-18(16)24-19(17)14-25(20)22(28)23-12-6-9-15-7-2-1-3-8-15/h1-5,7-8,10-11,20,24H,6,9,12-14H2,(H,23,28)(H,26,27). The average molecular weight is 377 g/mol. The molecule has 1 atom stereocenters. The third-order valence-electron chi connectivity index (χ3n) is 5.31. The molecule has 2 amide bonds. The summed E-state index contributed by atoms with van der Waals surface area (Å²) < 4.78 is 0. The number of hydrogen-bond donors (Lipinski definition) is 3. The van der Waals surface area contributed by atoms with Crippen molar-refractivity contribution in [3.8, 4) is 0 Å². The molecule has 3 N–H and O–H groups in total. The lowest BCUT2D eigenvalue weighted by Gasteiger charge is -2.33. The predicted molar refractivity (Wildman–Crippen MR) is 107 cm³/mol. The Morgan fingerprint density at radius 3 is 2.64 bits per heavy atom. The number of aliphatic carboxylic acids is 1. The number of aryl methyl sites for hydroxylation is 1. The Kier molecular flexibility index (Phi) is 5.02. The largest absolute Gasteiger partial charge is 0.480 e. The number of para-hydroxylation sites is 1. The Morgan fingerprint density at radius 2 is 1.86 bits per heavy atom. The third kappa shape index (κ3) is 3.58. The molecule has 0 spiro atoms. The second-order valence-electron chi connectivity index (χ2n) is 7.13. The van der Waals surface area contributed by atoms with Gasteiger partial charge >= 0.3 is 12.0 Å². The highest BCUT2D eigenvalue weighted by Gasteiger charge is 2.36. The predicted octanol–water partition coefficient (Wildman–Crippen LogP) is 3.32. The monoisotopic (exact) mass is 377 g/mol. The molecule has 2 heterocycles. The molecule has 6 heteroatoms. The normalized spacial score (nSPS) is 16.0. The van der Waals surface area contributed by atoms with Crippen LogP contribution >= 0.6 is 0 Å². The van der Waals surface area contributed by atoms with Crippen molar-refractivity contribution in [2.24, 2.45) is 0 Å². The van der Waals surface area contributed by atoms with E-state index >= 15 is 0 Å². The van der Waals surface area contributed by atoms with Gasteiger partial charge in [0.15, 0.2) is 0 Å². The van der Waals surface area contributed by atoms with Gasteiger partial charge in [-0.05, 0) is 30.0 Å². The number of carbonyl (C=O) groups is 2. The number of carbonyl (C=O) groups excluding carboxylic acids is 1. The van der Waals surface area contributed by atoms with Crippen molar-refractivity contribution in [3.63, 3.8) is 0 Å². The molecule has 0 saturated carbocycles. The zero-order valence-electron chi connectivity index (χ0n) is 15.5. The van der Waals surface area contributed by atoms with Crippen LogP contribution in [0.4, 0.5) is 4.79 Å². The molecule has 1 unspecified atom stereocenters. The first-order valence-electron chi connectivity index (χ1n) is 9.53. The molecular weight excluding hydrogens is 354 g/mol. The highest BCUT2D eigenvalue weighted by Crippen LogP contribution is 2.30. The van der Waals surface area contributed by atoms with Gasteiger partial charge in [-0.1, -0.05) is 48.5 Å². The Bertz CT molecular complexity index is 997. The number of amides is 2. The number of nitrogens with zero attached hydrogens (tertiary/aromatic N) is 1. The minimum Gasteiger partial charge on any atom is -0.480 e. The summed E-state index contributed by atoms with van der Waals surface area (Å²) in [6.07, 6.45) is 1.99. The summed E-state index contributed by atoms with van der Waals surface area (Å²) in [4.78, 5) is 29.3. The van der Waals surface area contributed by atoms with Crippen molar-refractivity contribution in [1.29, 1.82) is 0 Å². The summed E-state index contributed by atoms with van der Waals surface area (Å²) in [5.41, 5.74) is 4.11. The van der Waals surface area contributed by atoms with Gasteiger partial charge in [0.1, 0.15) is 6.04 Å². The second-order valence-corrected chi connectivity index (χ2v) is 7.13. The summed E-state index contributed by atoms with van der Waals surface area (Å²) in [6, 6.07) is 16.7. The van der Waals surface area contributed by atoms with E-state index < -0.39 is 12.0 Å². The SMILES string of the molecule is O=C(O)C1Cc2c([nH]c3ccccc23)CN1C(=O)NCCCc1ccccc1. The maximum Gasteiger partial charge on any atom is 0.326 e. The van der Waals surface area contributed by atoms with Gasteiger partial charge < -0.3 is 20.3 Å². The van der Waals surface area contributed by atoms with Crippen molar-refractivity contribution in [2.75, 3.05) is 6.54 Å². The number of aromatic nitrogens is 1. The van der Waals surface area contributed by atoms with Gasteiger partial charge in [0.05, 0.1) is 6.54 Å². The molecule has 0 radical (unpaired) electrons. The average Bonchev–Trinajstić information content (AvgIpc) is 3.08. The number of benzene rings is 2. The van der Waals surface area contributed by atoms with Crippen molar-refractivity contribution < 1.29 is 14.7 Å². The fourth-order valence-electron chi connectivity index (χ4n) is 3.88. The highest BCUT2D eigenvalue weighted by molar-refractivity contribution is 5.89. The molecule has 0 fully saturated rings. The number of urea groups is 1. The molecule has 1 aliphatic rings. The van der Waals surface area contributed by atoms with E-state index in [-0.39, 0.29) is 12.6 Å². The van der Waals surface area contributed by atoms with Crippen LogP contribution in [0.3, 0.4) is 0 Å². The van der Waals surface area contributed by atoms with E-state index in [0.717, 1.165) is 35.0 Å². The summed E-state index contributed by atoms with van der Waals surface area (Å²) >= 11 is 0. The van der Waals surface area contributed by atoms with Gasteiger partial charge in [-0.25, -0.2) is 9.59 Å². The summed E-state index contributed by atoms with van der Waals surface area (Å²) in [6.45, 7) is 0.779. The molecule has 4 rings (SSSR count). The topological polar surface area (TPSA) is 85.4 Å². The van der Waals surface area contributed by atoms with Crippen LogP contribution in [0.15, 0.2) is 54.6 Å². The Balaban J connectivity index is 1.43. The first-order chi connectivity index (χ1) is 13.6. The lowest BCUT2D eigenvalue weighted by Crippen LogP contribution is -2.52. The van der Waals surface area contributed by atoms with E-state index in [1.54, 1.807) is 0 Å². The fourth-order valence-corrected chi connectivity index (χ4v) is 3.88.